The fourth-order valence-corrected chi connectivity index (χ4v) is 3.13. The average Bonchev–Trinajstić information content (AvgIpc) is 2.99. The van der Waals surface area contributed by atoms with Crippen molar-refractivity contribution in [2.45, 2.75) is 0 Å². The van der Waals surface area contributed by atoms with Crippen LogP contribution in [0.4, 0.5) is 5.69 Å². The van der Waals surface area contributed by atoms with Crippen LogP contribution in [0.3, 0.4) is 0 Å². The Labute approximate surface area is 155 Å². The Balaban J connectivity index is 1.73. The van der Waals surface area contributed by atoms with Crippen molar-refractivity contribution >= 4 is 74.9 Å². The summed E-state index contributed by atoms with van der Waals surface area (Å²) in [6, 6.07) is 7.77. The van der Waals surface area contributed by atoms with Gasteiger partial charge in [-0.3, -0.25) is 10.1 Å². The van der Waals surface area contributed by atoms with E-state index in [0.717, 1.165) is 17.2 Å². The molecule has 3 N–H and O–H groups in total. The topological polar surface area (TPSA) is 87.1 Å². The maximum atomic E-state index is 12.2. The molecule has 0 saturated carbocycles. The molecule has 6 nitrogen and oxygen atoms in total. The van der Waals surface area contributed by atoms with Crippen LogP contribution in [0, 0.1) is 0 Å². The van der Waals surface area contributed by atoms with Crippen LogP contribution in [-0.2, 0) is 0 Å². The minimum Gasteiger partial charge on any atom is -0.504 e. The van der Waals surface area contributed by atoms with Crippen LogP contribution in [0.1, 0.15) is 10.4 Å². The number of aromatic hydroxyl groups is 1. The first-order valence-corrected chi connectivity index (χ1v) is 8.36. The molecule has 0 fully saturated rings. The van der Waals surface area contributed by atoms with Gasteiger partial charge >= 0.3 is 0 Å². The second-order valence-corrected chi connectivity index (χ2v) is 6.44. The van der Waals surface area contributed by atoms with Gasteiger partial charge < -0.3 is 10.4 Å². The molecule has 3 rings (SSSR count). The number of phenolic OH excluding ortho intramolecular Hbond substituents is 1. The Morgan fingerprint density at radius 3 is 2.71 bits per heavy atom. The standard InChI is InChI=1S/C14H8Cl2N4O2S2/c15-7-4-8(16)12(21)11(5-7)17-14(23)18-13(22)6-1-2-9-10(3-6)20-24-19-9/h1-5,21H,(H2,17,18,22,23). The summed E-state index contributed by atoms with van der Waals surface area (Å²) in [6.07, 6.45) is 0. The van der Waals surface area contributed by atoms with Crippen molar-refractivity contribution in [2.24, 2.45) is 0 Å². The van der Waals surface area contributed by atoms with Crippen molar-refractivity contribution in [1.82, 2.24) is 14.1 Å². The van der Waals surface area contributed by atoms with Crippen molar-refractivity contribution in [3.05, 3.63) is 45.9 Å². The van der Waals surface area contributed by atoms with Gasteiger partial charge in [-0.1, -0.05) is 23.2 Å². The molecule has 0 saturated heterocycles. The second-order valence-electron chi connectivity index (χ2n) is 4.66. The molecule has 24 heavy (non-hydrogen) atoms. The fraction of sp³-hybridized carbons (Fsp3) is 0. The Hall–Kier alpha value is -2.00. The number of carbonyl (C=O) groups excluding carboxylic acids is 1. The van der Waals surface area contributed by atoms with E-state index in [1.807, 2.05) is 0 Å². The number of aromatic nitrogens is 2. The summed E-state index contributed by atoms with van der Waals surface area (Å²) in [5.41, 5.74) is 1.92. The number of hydrogen-bond donors (Lipinski definition) is 3. The molecule has 122 valence electrons. The third kappa shape index (κ3) is 3.57. The number of fused-ring (bicyclic) bond motifs is 1. The van der Waals surface area contributed by atoms with Gasteiger partial charge in [0.05, 0.1) is 22.4 Å². The highest BCUT2D eigenvalue weighted by molar-refractivity contribution is 7.80. The first-order chi connectivity index (χ1) is 11.4. The summed E-state index contributed by atoms with van der Waals surface area (Å²) in [4.78, 5) is 12.2. The molecular weight excluding hydrogens is 391 g/mol. The van der Waals surface area contributed by atoms with Gasteiger partial charge in [0.15, 0.2) is 10.9 Å². The minimum absolute atomic E-state index is 0.00914. The van der Waals surface area contributed by atoms with Crippen LogP contribution < -0.4 is 10.6 Å². The highest BCUT2D eigenvalue weighted by Crippen LogP contribution is 2.34. The van der Waals surface area contributed by atoms with E-state index in [9.17, 15) is 9.90 Å². The number of amides is 1. The zero-order valence-corrected chi connectivity index (χ0v) is 14.9. The summed E-state index contributed by atoms with van der Waals surface area (Å²) < 4.78 is 8.15. The Morgan fingerprint density at radius 2 is 1.92 bits per heavy atom. The molecule has 1 aromatic heterocycles. The predicted molar refractivity (Wildman–Crippen MR) is 99.2 cm³/mol. The first-order valence-electron chi connectivity index (χ1n) is 6.46. The van der Waals surface area contributed by atoms with Gasteiger partial charge in [0.25, 0.3) is 5.91 Å². The number of anilines is 1. The maximum absolute atomic E-state index is 12.2. The number of benzene rings is 2. The molecule has 0 aliphatic carbocycles. The largest absolute Gasteiger partial charge is 0.504 e. The van der Waals surface area contributed by atoms with Crippen LogP contribution in [0.15, 0.2) is 30.3 Å². The molecule has 0 spiro atoms. The molecule has 0 atom stereocenters. The lowest BCUT2D eigenvalue weighted by Gasteiger charge is -2.12. The molecular formula is C14H8Cl2N4O2S2. The van der Waals surface area contributed by atoms with Gasteiger partial charge in [-0.25, -0.2) is 0 Å². The third-order valence-corrected chi connectivity index (χ3v) is 4.29. The Bertz CT molecular complexity index is 961. The number of hydrogen-bond acceptors (Lipinski definition) is 6. The highest BCUT2D eigenvalue weighted by Gasteiger charge is 2.13. The van der Waals surface area contributed by atoms with Crippen LogP contribution >= 0.6 is 47.1 Å². The monoisotopic (exact) mass is 398 g/mol. The SMILES string of the molecule is O=C(NC(=S)Nc1cc(Cl)cc(Cl)c1O)c1ccc2nsnc2c1. The van der Waals surface area contributed by atoms with E-state index in [2.05, 4.69) is 19.4 Å². The number of rotatable bonds is 2. The lowest BCUT2D eigenvalue weighted by molar-refractivity contribution is 0.0978. The van der Waals surface area contributed by atoms with E-state index in [1.54, 1.807) is 18.2 Å². The Kier molecular flexibility index (Phi) is 4.81. The van der Waals surface area contributed by atoms with Gasteiger partial charge in [-0.05, 0) is 42.5 Å². The minimum atomic E-state index is -0.421. The molecule has 2 aromatic carbocycles. The number of nitrogens with one attached hydrogen (secondary N) is 2. The van der Waals surface area contributed by atoms with E-state index < -0.39 is 5.91 Å². The van der Waals surface area contributed by atoms with Crippen LogP contribution in [0.25, 0.3) is 11.0 Å². The number of halogens is 2. The van der Waals surface area contributed by atoms with E-state index in [4.69, 9.17) is 35.4 Å². The van der Waals surface area contributed by atoms with E-state index >= 15 is 0 Å². The van der Waals surface area contributed by atoms with Gasteiger partial charge in [0.2, 0.25) is 0 Å². The average molecular weight is 399 g/mol. The molecule has 10 heteroatoms. The predicted octanol–water partition coefficient (Wildman–Crippen LogP) is 3.83. The van der Waals surface area contributed by atoms with E-state index in [-0.39, 0.29) is 21.6 Å². The quantitative estimate of drug-likeness (QED) is 0.449. The van der Waals surface area contributed by atoms with E-state index in [1.165, 1.54) is 12.1 Å². The zero-order valence-electron chi connectivity index (χ0n) is 11.7. The van der Waals surface area contributed by atoms with Crippen molar-refractivity contribution in [2.75, 3.05) is 5.32 Å². The number of carbonyl (C=O) groups is 1. The van der Waals surface area contributed by atoms with Crippen molar-refractivity contribution in [3.8, 4) is 5.75 Å². The van der Waals surface area contributed by atoms with Crippen molar-refractivity contribution < 1.29 is 9.90 Å². The summed E-state index contributed by atoms with van der Waals surface area (Å²) in [5.74, 6) is -0.636. The summed E-state index contributed by atoms with van der Waals surface area (Å²) >= 11 is 17.8. The molecule has 3 aromatic rings. The summed E-state index contributed by atoms with van der Waals surface area (Å²) in [7, 11) is 0. The lowest BCUT2D eigenvalue weighted by Crippen LogP contribution is -2.34. The molecule has 1 amide bonds. The van der Waals surface area contributed by atoms with Crippen LogP contribution in [0.2, 0.25) is 10.0 Å². The molecule has 0 aliphatic rings. The maximum Gasteiger partial charge on any atom is 0.257 e. The van der Waals surface area contributed by atoms with Crippen LogP contribution in [-0.4, -0.2) is 24.9 Å². The zero-order chi connectivity index (χ0) is 17.3. The van der Waals surface area contributed by atoms with Gasteiger partial charge in [0, 0.05) is 10.6 Å². The van der Waals surface area contributed by atoms with Crippen molar-refractivity contribution in [3.63, 3.8) is 0 Å². The molecule has 0 radical (unpaired) electrons. The Morgan fingerprint density at radius 1 is 1.17 bits per heavy atom. The lowest BCUT2D eigenvalue weighted by atomic mass is 10.2. The summed E-state index contributed by atoms with van der Waals surface area (Å²) in [6.45, 7) is 0. The smallest absolute Gasteiger partial charge is 0.257 e. The van der Waals surface area contributed by atoms with Gasteiger partial charge in [-0.2, -0.15) is 8.75 Å². The van der Waals surface area contributed by atoms with Gasteiger partial charge in [0.1, 0.15) is 11.0 Å². The second kappa shape index (κ2) is 6.86. The molecule has 0 bridgehead atoms. The van der Waals surface area contributed by atoms with Crippen molar-refractivity contribution in [1.29, 1.82) is 0 Å². The first kappa shape index (κ1) is 16.8. The fourth-order valence-electron chi connectivity index (χ4n) is 1.91. The number of thiocarbonyl (C=S) groups is 1. The third-order valence-electron chi connectivity index (χ3n) is 3.02. The molecule has 0 aliphatic heterocycles. The van der Waals surface area contributed by atoms with Crippen LogP contribution in [0.5, 0.6) is 5.75 Å². The highest BCUT2D eigenvalue weighted by atomic mass is 35.5. The van der Waals surface area contributed by atoms with Gasteiger partial charge in [-0.15, -0.1) is 0 Å². The number of nitrogens with zero attached hydrogens (tertiary/aromatic N) is 2. The van der Waals surface area contributed by atoms with E-state index in [0.29, 0.717) is 16.1 Å². The summed E-state index contributed by atoms with van der Waals surface area (Å²) in [5, 5.41) is 15.4. The molecule has 0 unspecified atom stereocenters. The number of phenols is 1. The molecule has 1 heterocycles. The normalized spacial score (nSPS) is 10.6.